The first-order valence-electron chi connectivity index (χ1n) is 8.97. The van der Waals surface area contributed by atoms with Gasteiger partial charge < -0.3 is 9.84 Å². The number of hydrogen-bond donors (Lipinski definition) is 1. The van der Waals surface area contributed by atoms with Crippen LogP contribution in [0.3, 0.4) is 0 Å². The monoisotopic (exact) mass is 361 g/mol. The van der Waals surface area contributed by atoms with Crippen molar-refractivity contribution in [2.75, 3.05) is 5.32 Å². The molecule has 0 aliphatic carbocycles. The number of aromatic nitrogens is 4. The molecule has 6 nitrogen and oxygen atoms in total. The molecule has 1 aromatic carbocycles. The van der Waals surface area contributed by atoms with Crippen molar-refractivity contribution in [3.05, 3.63) is 54.3 Å². The lowest BCUT2D eigenvalue weighted by Gasteiger charge is -2.22. The zero-order chi connectivity index (χ0) is 19.2. The van der Waals surface area contributed by atoms with Gasteiger partial charge in [-0.3, -0.25) is 9.38 Å². The Bertz CT molecular complexity index is 1080. The first-order valence-corrected chi connectivity index (χ1v) is 8.97. The van der Waals surface area contributed by atoms with E-state index in [1.54, 1.807) is 12.4 Å². The molecule has 1 N–H and O–H groups in total. The summed E-state index contributed by atoms with van der Waals surface area (Å²) in [6.45, 7) is 10.3. The highest BCUT2D eigenvalue weighted by Crippen LogP contribution is 2.33. The molecule has 4 rings (SSSR count). The van der Waals surface area contributed by atoms with Crippen molar-refractivity contribution < 1.29 is 4.52 Å². The number of rotatable bonds is 3. The summed E-state index contributed by atoms with van der Waals surface area (Å²) in [6.07, 6.45) is 5.47. The van der Waals surface area contributed by atoms with E-state index in [0.717, 1.165) is 45.3 Å². The van der Waals surface area contributed by atoms with Crippen molar-refractivity contribution in [1.82, 2.24) is 19.5 Å². The van der Waals surface area contributed by atoms with Crippen LogP contribution >= 0.6 is 0 Å². The normalized spacial score (nSPS) is 11.9. The first-order chi connectivity index (χ1) is 12.8. The minimum atomic E-state index is -0.0926. The van der Waals surface area contributed by atoms with Gasteiger partial charge in [-0.2, -0.15) is 0 Å². The van der Waals surface area contributed by atoms with E-state index in [1.165, 1.54) is 0 Å². The Morgan fingerprint density at radius 2 is 1.74 bits per heavy atom. The molecule has 138 valence electrons. The molecule has 0 fully saturated rings. The lowest BCUT2D eigenvalue weighted by molar-refractivity contribution is 0.393. The van der Waals surface area contributed by atoms with Crippen molar-refractivity contribution in [2.45, 2.75) is 40.2 Å². The molecular formula is C21H23N5O. The van der Waals surface area contributed by atoms with E-state index in [4.69, 9.17) is 9.51 Å². The van der Waals surface area contributed by atoms with E-state index in [0.29, 0.717) is 0 Å². The van der Waals surface area contributed by atoms with E-state index < -0.39 is 0 Å². The van der Waals surface area contributed by atoms with Crippen molar-refractivity contribution in [1.29, 1.82) is 0 Å². The van der Waals surface area contributed by atoms with Gasteiger partial charge in [-0.1, -0.05) is 29.4 Å². The summed E-state index contributed by atoms with van der Waals surface area (Å²) < 4.78 is 7.33. The number of hydrogen-bond acceptors (Lipinski definition) is 5. The predicted molar refractivity (Wildman–Crippen MR) is 107 cm³/mol. The summed E-state index contributed by atoms with van der Waals surface area (Å²) in [4.78, 5) is 9.00. The second kappa shape index (κ2) is 6.23. The Morgan fingerprint density at radius 1 is 1.04 bits per heavy atom. The predicted octanol–water partition coefficient (Wildman–Crippen LogP) is 4.88. The van der Waals surface area contributed by atoms with Gasteiger partial charge in [0, 0.05) is 29.1 Å². The van der Waals surface area contributed by atoms with Gasteiger partial charge >= 0.3 is 0 Å². The minimum Gasteiger partial charge on any atom is -0.365 e. The molecular weight excluding hydrogens is 338 g/mol. The fourth-order valence-corrected chi connectivity index (χ4v) is 3.27. The SMILES string of the molecule is Cc1noc(C)c1-c1ccc(-c2nc3cnccn3c2NC(C)(C)C)cc1. The Kier molecular flexibility index (Phi) is 3.98. The van der Waals surface area contributed by atoms with Crippen LogP contribution in [0.25, 0.3) is 28.0 Å². The van der Waals surface area contributed by atoms with Crippen LogP contribution in [0.15, 0.2) is 47.4 Å². The Morgan fingerprint density at radius 3 is 2.37 bits per heavy atom. The largest absolute Gasteiger partial charge is 0.365 e. The molecule has 0 bridgehead atoms. The second-order valence-corrected chi connectivity index (χ2v) is 7.77. The Hall–Kier alpha value is -3.15. The van der Waals surface area contributed by atoms with Crippen LogP contribution in [0, 0.1) is 13.8 Å². The number of benzene rings is 1. The van der Waals surface area contributed by atoms with Gasteiger partial charge in [0.2, 0.25) is 0 Å². The fraction of sp³-hybridized carbons (Fsp3) is 0.286. The molecule has 0 saturated heterocycles. The number of fused-ring (bicyclic) bond motifs is 1. The zero-order valence-electron chi connectivity index (χ0n) is 16.2. The van der Waals surface area contributed by atoms with Crippen LogP contribution in [0.2, 0.25) is 0 Å². The zero-order valence-corrected chi connectivity index (χ0v) is 16.2. The molecule has 4 aromatic rings. The molecule has 0 aliphatic rings. The highest BCUT2D eigenvalue weighted by atomic mass is 16.5. The molecule has 0 unspecified atom stereocenters. The number of aryl methyl sites for hydroxylation is 2. The van der Waals surface area contributed by atoms with Gasteiger partial charge in [-0.25, -0.2) is 4.98 Å². The topological polar surface area (TPSA) is 68.2 Å². The summed E-state index contributed by atoms with van der Waals surface area (Å²) in [6, 6.07) is 8.35. The van der Waals surface area contributed by atoms with Crippen LogP contribution in [-0.2, 0) is 0 Å². The lowest BCUT2D eigenvalue weighted by atomic mass is 10.0. The molecule has 3 heterocycles. The minimum absolute atomic E-state index is 0.0926. The van der Waals surface area contributed by atoms with Crippen LogP contribution in [-0.4, -0.2) is 25.1 Å². The van der Waals surface area contributed by atoms with Gasteiger partial charge in [-0.15, -0.1) is 0 Å². The molecule has 0 amide bonds. The Labute approximate surface area is 158 Å². The molecule has 6 heteroatoms. The van der Waals surface area contributed by atoms with E-state index in [2.05, 4.69) is 60.5 Å². The Balaban J connectivity index is 1.81. The number of nitrogens with zero attached hydrogens (tertiary/aromatic N) is 4. The van der Waals surface area contributed by atoms with E-state index in [1.807, 2.05) is 24.4 Å². The molecule has 0 radical (unpaired) electrons. The molecule has 0 saturated carbocycles. The quantitative estimate of drug-likeness (QED) is 0.563. The highest BCUT2D eigenvalue weighted by molar-refractivity contribution is 5.79. The molecule has 3 aromatic heterocycles. The molecule has 27 heavy (non-hydrogen) atoms. The maximum absolute atomic E-state index is 5.30. The van der Waals surface area contributed by atoms with E-state index >= 15 is 0 Å². The average molecular weight is 361 g/mol. The summed E-state index contributed by atoms with van der Waals surface area (Å²) in [7, 11) is 0. The molecule has 0 spiro atoms. The number of imidazole rings is 1. The smallest absolute Gasteiger partial charge is 0.157 e. The third kappa shape index (κ3) is 3.18. The standard InChI is InChI=1S/C21H23N5O/c1-13-18(14(2)27-25-13)15-6-8-16(9-7-15)19-20(24-21(3,4)5)26-11-10-22-12-17(26)23-19/h6-12,24H,1-5H3. The van der Waals surface area contributed by atoms with Gasteiger partial charge in [0.25, 0.3) is 0 Å². The molecule has 0 atom stereocenters. The number of nitrogens with one attached hydrogen (secondary N) is 1. The van der Waals surface area contributed by atoms with Crippen LogP contribution in [0.4, 0.5) is 5.82 Å². The van der Waals surface area contributed by atoms with Crippen LogP contribution in [0.5, 0.6) is 0 Å². The summed E-state index contributed by atoms with van der Waals surface area (Å²) in [5.74, 6) is 1.79. The van der Waals surface area contributed by atoms with Gasteiger partial charge in [0.05, 0.1) is 11.9 Å². The fourth-order valence-electron chi connectivity index (χ4n) is 3.27. The third-order valence-corrected chi connectivity index (χ3v) is 4.40. The summed E-state index contributed by atoms with van der Waals surface area (Å²) in [5, 5.41) is 7.63. The van der Waals surface area contributed by atoms with Crippen LogP contribution in [0.1, 0.15) is 32.2 Å². The van der Waals surface area contributed by atoms with Crippen molar-refractivity contribution in [3.63, 3.8) is 0 Å². The first kappa shape index (κ1) is 17.3. The second-order valence-electron chi connectivity index (χ2n) is 7.77. The number of anilines is 1. The van der Waals surface area contributed by atoms with Crippen LogP contribution < -0.4 is 5.32 Å². The average Bonchev–Trinajstić information content (AvgIpc) is 3.14. The van der Waals surface area contributed by atoms with Crippen molar-refractivity contribution >= 4 is 11.5 Å². The van der Waals surface area contributed by atoms with E-state index in [-0.39, 0.29) is 5.54 Å². The summed E-state index contributed by atoms with van der Waals surface area (Å²) >= 11 is 0. The summed E-state index contributed by atoms with van der Waals surface area (Å²) in [5.41, 5.74) is 5.71. The highest BCUT2D eigenvalue weighted by Gasteiger charge is 2.19. The maximum atomic E-state index is 5.30. The van der Waals surface area contributed by atoms with Gasteiger partial charge in [-0.05, 0) is 40.2 Å². The van der Waals surface area contributed by atoms with Gasteiger partial charge in [0.15, 0.2) is 5.65 Å². The van der Waals surface area contributed by atoms with Gasteiger partial charge in [0.1, 0.15) is 17.3 Å². The van der Waals surface area contributed by atoms with Crippen molar-refractivity contribution in [3.8, 4) is 22.4 Å². The third-order valence-electron chi connectivity index (χ3n) is 4.40. The lowest BCUT2D eigenvalue weighted by Crippen LogP contribution is -2.27. The maximum Gasteiger partial charge on any atom is 0.157 e. The molecule has 0 aliphatic heterocycles. The van der Waals surface area contributed by atoms with Crippen molar-refractivity contribution in [2.24, 2.45) is 0 Å². The van der Waals surface area contributed by atoms with E-state index in [9.17, 15) is 0 Å².